The van der Waals surface area contributed by atoms with Gasteiger partial charge in [-0.3, -0.25) is 10.2 Å². The van der Waals surface area contributed by atoms with E-state index in [0.29, 0.717) is 19.6 Å². The Hall–Kier alpha value is -3.02. The SMILES string of the molecule is Cc1cc(CN2CCCC2)ccc1NC(=O)ON1CCN(c2nc(N)nc3scnc23)[C@@H](C)C1. The topological polar surface area (TPSA) is 113 Å². The third-order valence-corrected chi connectivity index (χ3v) is 7.12. The van der Waals surface area contributed by atoms with Gasteiger partial charge in [-0.2, -0.15) is 4.98 Å². The molecule has 3 N–H and O–H groups in total. The number of anilines is 3. The van der Waals surface area contributed by atoms with E-state index in [0.717, 1.165) is 47.1 Å². The lowest BCUT2D eigenvalue weighted by atomic mass is 10.1. The van der Waals surface area contributed by atoms with Crippen molar-refractivity contribution in [1.82, 2.24) is 24.9 Å². The van der Waals surface area contributed by atoms with Crippen molar-refractivity contribution in [2.75, 3.05) is 48.7 Å². The van der Waals surface area contributed by atoms with Gasteiger partial charge in [0.05, 0.1) is 18.6 Å². The molecule has 1 aromatic carbocycles. The summed E-state index contributed by atoms with van der Waals surface area (Å²) in [6, 6.07) is 6.23. The summed E-state index contributed by atoms with van der Waals surface area (Å²) in [6.07, 6.45) is 2.07. The number of hydrogen-bond donors (Lipinski definition) is 2. The van der Waals surface area contributed by atoms with E-state index in [1.165, 1.54) is 29.7 Å². The average Bonchev–Trinajstić information content (AvgIpc) is 3.47. The van der Waals surface area contributed by atoms with Crippen LogP contribution in [0.1, 0.15) is 30.9 Å². The number of thiazole rings is 1. The fourth-order valence-electron chi connectivity index (χ4n) is 4.70. The van der Waals surface area contributed by atoms with Gasteiger partial charge in [-0.1, -0.05) is 12.1 Å². The van der Waals surface area contributed by atoms with Crippen LogP contribution in [-0.2, 0) is 11.4 Å². The molecule has 10 nitrogen and oxygen atoms in total. The number of hydrogen-bond acceptors (Lipinski definition) is 10. The second-order valence-electron chi connectivity index (χ2n) is 8.98. The number of fused-ring (bicyclic) bond motifs is 1. The molecule has 2 aliphatic heterocycles. The Balaban J connectivity index is 1.17. The van der Waals surface area contributed by atoms with Crippen molar-refractivity contribution < 1.29 is 9.63 Å². The number of aromatic nitrogens is 3. The highest BCUT2D eigenvalue weighted by Gasteiger charge is 2.29. The zero-order valence-corrected chi connectivity index (χ0v) is 20.3. The molecule has 0 saturated carbocycles. The molecule has 2 aliphatic rings. The van der Waals surface area contributed by atoms with Crippen LogP contribution in [0.4, 0.5) is 22.2 Å². The first-order chi connectivity index (χ1) is 16.5. The molecule has 34 heavy (non-hydrogen) atoms. The van der Waals surface area contributed by atoms with Gasteiger partial charge in [0.15, 0.2) is 10.6 Å². The number of carbonyl (C=O) groups excluding carboxylic acids is 1. The summed E-state index contributed by atoms with van der Waals surface area (Å²) in [4.78, 5) is 36.7. The fraction of sp³-hybridized carbons (Fsp3) is 0.478. The monoisotopic (exact) mass is 482 g/mol. The Bertz CT molecular complexity index is 1180. The van der Waals surface area contributed by atoms with Gasteiger partial charge in [0, 0.05) is 24.8 Å². The van der Waals surface area contributed by atoms with Crippen LogP contribution in [0, 0.1) is 6.92 Å². The van der Waals surface area contributed by atoms with Crippen LogP contribution in [0.2, 0.25) is 0 Å². The van der Waals surface area contributed by atoms with E-state index < -0.39 is 6.09 Å². The first kappa shape index (κ1) is 22.8. The summed E-state index contributed by atoms with van der Waals surface area (Å²) in [7, 11) is 0. The minimum absolute atomic E-state index is 0.0485. The molecule has 0 bridgehead atoms. The van der Waals surface area contributed by atoms with Gasteiger partial charge in [-0.05, 0) is 57.0 Å². The standard InChI is InChI=1S/C23H30N8O2S/c1-15-11-17(13-29-7-3-4-8-29)5-6-18(15)26-23(32)33-30-9-10-31(16(2)12-30)20-19-21(34-14-25-19)28-22(24)27-20/h5-6,11,14,16H,3-4,7-10,12-13H2,1-2H3,(H,26,32)(H2,24,27,28)/t16-/m0/s1. The molecule has 0 radical (unpaired) electrons. The van der Waals surface area contributed by atoms with Crippen LogP contribution in [0.3, 0.4) is 0 Å². The number of piperazine rings is 1. The third kappa shape index (κ3) is 4.91. The van der Waals surface area contributed by atoms with Crippen LogP contribution >= 0.6 is 11.3 Å². The van der Waals surface area contributed by atoms with Crippen molar-refractivity contribution >= 4 is 45.2 Å². The summed E-state index contributed by atoms with van der Waals surface area (Å²) in [5.74, 6) is 0.962. The van der Waals surface area contributed by atoms with Gasteiger partial charge in [-0.25, -0.2) is 14.8 Å². The molecule has 1 atom stereocenters. The van der Waals surface area contributed by atoms with Crippen molar-refractivity contribution in [3.63, 3.8) is 0 Å². The van der Waals surface area contributed by atoms with Crippen LogP contribution in [0.5, 0.6) is 0 Å². The van der Waals surface area contributed by atoms with E-state index >= 15 is 0 Å². The van der Waals surface area contributed by atoms with Crippen LogP contribution in [0.25, 0.3) is 10.3 Å². The number of rotatable bonds is 5. The lowest BCUT2D eigenvalue weighted by Crippen LogP contribution is -2.53. The molecule has 4 heterocycles. The van der Waals surface area contributed by atoms with E-state index in [1.54, 1.807) is 10.6 Å². The first-order valence-electron chi connectivity index (χ1n) is 11.7. The normalized spacial score (nSPS) is 19.6. The number of aryl methyl sites for hydroxylation is 1. The van der Waals surface area contributed by atoms with E-state index in [-0.39, 0.29) is 12.0 Å². The quantitative estimate of drug-likeness (QED) is 0.566. The van der Waals surface area contributed by atoms with Crippen molar-refractivity contribution in [3.8, 4) is 0 Å². The number of nitrogens with two attached hydrogens (primary N) is 1. The number of amides is 1. The molecule has 2 saturated heterocycles. The number of likely N-dealkylation sites (tertiary alicyclic amines) is 1. The van der Waals surface area contributed by atoms with Crippen molar-refractivity contribution in [2.45, 2.75) is 39.3 Å². The van der Waals surface area contributed by atoms with Crippen LogP contribution in [-0.4, -0.2) is 69.8 Å². The highest BCUT2D eigenvalue weighted by molar-refractivity contribution is 7.16. The molecule has 0 unspecified atom stereocenters. The number of nitrogens with zero attached hydrogens (tertiary/aromatic N) is 6. The third-order valence-electron chi connectivity index (χ3n) is 6.40. The van der Waals surface area contributed by atoms with E-state index in [2.05, 4.69) is 49.1 Å². The number of carbonyl (C=O) groups is 1. The van der Waals surface area contributed by atoms with Crippen molar-refractivity contribution in [1.29, 1.82) is 0 Å². The maximum absolute atomic E-state index is 12.6. The number of nitrogen functional groups attached to an aromatic ring is 1. The molecule has 3 aromatic rings. The van der Waals surface area contributed by atoms with Gasteiger partial charge < -0.3 is 15.5 Å². The predicted octanol–water partition coefficient (Wildman–Crippen LogP) is 3.25. The van der Waals surface area contributed by atoms with E-state index in [9.17, 15) is 4.79 Å². The van der Waals surface area contributed by atoms with Gasteiger partial charge in [-0.15, -0.1) is 16.4 Å². The summed E-state index contributed by atoms with van der Waals surface area (Å²) in [6.45, 7) is 9.06. The highest BCUT2D eigenvalue weighted by Crippen LogP contribution is 2.29. The molecule has 2 aromatic heterocycles. The lowest BCUT2D eigenvalue weighted by Gasteiger charge is -2.39. The minimum Gasteiger partial charge on any atom is -0.368 e. The summed E-state index contributed by atoms with van der Waals surface area (Å²) in [5.41, 5.74) is 11.5. The average molecular weight is 483 g/mol. The minimum atomic E-state index is -0.482. The summed E-state index contributed by atoms with van der Waals surface area (Å²) in [5, 5.41) is 4.58. The maximum atomic E-state index is 12.6. The van der Waals surface area contributed by atoms with Crippen molar-refractivity contribution in [2.24, 2.45) is 0 Å². The molecular formula is C23H30N8O2S. The molecule has 180 valence electrons. The maximum Gasteiger partial charge on any atom is 0.430 e. The zero-order valence-electron chi connectivity index (χ0n) is 19.5. The van der Waals surface area contributed by atoms with Gasteiger partial charge >= 0.3 is 6.09 Å². The fourth-order valence-corrected chi connectivity index (χ4v) is 5.36. The molecule has 0 aliphatic carbocycles. The number of nitrogens with one attached hydrogen (secondary N) is 1. The number of benzene rings is 1. The molecular weight excluding hydrogens is 452 g/mol. The van der Waals surface area contributed by atoms with Crippen LogP contribution in [0.15, 0.2) is 23.7 Å². The van der Waals surface area contributed by atoms with Gasteiger partial charge in [0.1, 0.15) is 5.52 Å². The predicted molar refractivity (Wildman–Crippen MR) is 134 cm³/mol. The summed E-state index contributed by atoms with van der Waals surface area (Å²) < 4.78 is 0. The van der Waals surface area contributed by atoms with Crippen molar-refractivity contribution in [3.05, 3.63) is 34.8 Å². The van der Waals surface area contributed by atoms with Crippen LogP contribution < -0.4 is 16.0 Å². The molecule has 1 amide bonds. The zero-order chi connectivity index (χ0) is 23.7. The lowest BCUT2D eigenvalue weighted by molar-refractivity contribution is -0.103. The Labute approximate surface area is 202 Å². The molecule has 11 heteroatoms. The van der Waals surface area contributed by atoms with E-state index in [4.69, 9.17) is 10.6 Å². The smallest absolute Gasteiger partial charge is 0.368 e. The molecule has 0 spiro atoms. The Morgan fingerprint density at radius 2 is 2.06 bits per heavy atom. The first-order valence-corrected chi connectivity index (χ1v) is 12.5. The second kappa shape index (κ2) is 9.69. The largest absolute Gasteiger partial charge is 0.430 e. The molecule has 2 fully saturated rings. The molecule has 5 rings (SSSR count). The Morgan fingerprint density at radius 3 is 2.82 bits per heavy atom. The van der Waals surface area contributed by atoms with E-state index in [1.807, 2.05) is 13.0 Å². The summed E-state index contributed by atoms with van der Waals surface area (Å²) >= 11 is 1.44. The van der Waals surface area contributed by atoms with Gasteiger partial charge in [0.25, 0.3) is 0 Å². The number of hydroxylamine groups is 2. The van der Waals surface area contributed by atoms with Gasteiger partial charge in [0.2, 0.25) is 5.95 Å². The highest BCUT2D eigenvalue weighted by atomic mass is 32.1. The Kier molecular flexibility index (Phi) is 6.48. The Morgan fingerprint density at radius 1 is 1.24 bits per heavy atom. The second-order valence-corrected chi connectivity index (χ2v) is 9.81.